The Bertz CT molecular complexity index is 332. The number of sulfonamides is 1. The van der Waals surface area contributed by atoms with E-state index in [1.807, 2.05) is 0 Å². The summed E-state index contributed by atoms with van der Waals surface area (Å²) in [5, 5.41) is 9.42. The third-order valence-corrected chi connectivity index (χ3v) is 3.83. The molecular formula is C9H18F3NO3S. The molecule has 0 heterocycles. The molecule has 0 bridgehead atoms. The molecule has 104 valence electrons. The van der Waals surface area contributed by atoms with Crippen molar-refractivity contribution in [1.82, 2.24) is 4.31 Å². The molecule has 0 rings (SSSR count). The number of halogens is 3. The van der Waals surface area contributed by atoms with Crippen LogP contribution >= 0.6 is 0 Å². The van der Waals surface area contributed by atoms with Gasteiger partial charge in [-0.3, -0.25) is 0 Å². The summed E-state index contributed by atoms with van der Waals surface area (Å²) in [5.41, 5.74) is -1.22. The molecule has 0 spiro atoms. The fourth-order valence-corrected chi connectivity index (χ4v) is 2.59. The Labute approximate surface area is 99.5 Å². The number of hydrogen-bond acceptors (Lipinski definition) is 3. The Morgan fingerprint density at radius 1 is 1.24 bits per heavy atom. The lowest BCUT2D eigenvalue weighted by Crippen LogP contribution is -2.40. The van der Waals surface area contributed by atoms with Crippen LogP contribution in [0, 0.1) is 0 Å². The lowest BCUT2D eigenvalue weighted by molar-refractivity contribution is -0.134. The van der Waals surface area contributed by atoms with Crippen molar-refractivity contribution in [3.8, 4) is 0 Å². The van der Waals surface area contributed by atoms with E-state index in [0.29, 0.717) is 0 Å². The normalized spacial score (nSPS) is 14.4. The van der Waals surface area contributed by atoms with Crippen molar-refractivity contribution in [2.75, 3.05) is 19.3 Å². The minimum atomic E-state index is -4.34. The second-order valence-electron chi connectivity index (χ2n) is 4.60. The van der Waals surface area contributed by atoms with Crippen LogP contribution in [0.2, 0.25) is 0 Å². The van der Waals surface area contributed by atoms with E-state index in [1.54, 1.807) is 0 Å². The zero-order valence-electron chi connectivity index (χ0n) is 10.1. The number of alkyl halides is 3. The van der Waals surface area contributed by atoms with Gasteiger partial charge in [0, 0.05) is 20.0 Å². The summed E-state index contributed by atoms with van der Waals surface area (Å²) in [6.07, 6.45) is -5.94. The van der Waals surface area contributed by atoms with Crippen molar-refractivity contribution < 1.29 is 26.7 Å². The van der Waals surface area contributed by atoms with Gasteiger partial charge in [-0.05, 0) is 20.3 Å². The van der Waals surface area contributed by atoms with Gasteiger partial charge in [0.2, 0.25) is 10.0 Å². The van der Waals surface area contributed by atoms with Gasteiger partial charge in [0.15, 0.2) is 0 Å². The molecule has 0 aromatic rings. The van der Waals surface area contributed by atoms with Gasteiger partial charge < -0.3 is 5.11 Å². The first-order valence-corrected chi connectivity index (χ1v) is 6.67. The van der Waals surface area contributed by atoms with Crippen molar-refractivity contribution in [3.05, 3.63) is 0 Å². The Morgan fingerprint density at radius 3 is 2.06 bits per heavy atom. The number of hydrogen-bond donors (Lipinski definition) is 1. The highest BCUT2D eigenvalue weighted by atomic mass is 32.2. The Balaban J connectivity index is 4.30. The fraction of sp³-hybridized carbons (Fsp3) is 1.00. The largest absolute Gasteiger partial charge is 0.389 e. The molecule has 0 amide bonds. The minimum absolute atomic E-state index is 0.151. The molecule has 0 aliphatic heterocycles. The molecule has 0 unspecified atom stereocenters. The average Bonchev–Trinajstić information content (AvgIpc) is 1.97. The van der Waals surface area contributed by atoms with Gasteiger partial charge in [-0.2, -0.15) is 13.2 Å². The zero-order chi connectivity index (χ0) is 13.9. The van der Waals surface area contributed by atoms with Crippen molar-refractivity contribution in [2.24, 2.45) is 0 Å². The summed E-state index contributed by atoms with van der Waals surface area (Å²) < 4.78 is 59.5. The second-order valence-corrected chi connectivity index (χ2v) is 6.80. The third kappa shape index (κ3) is 8.39. The van der Waals surface area contributed by atoms with Crippen LogP contribution < -0.4 is 0 Å². The SMILES string of the molecule is CN(CC(C)(C)O)S(=O)(=O)CCCC(F)(F)F. The van der Waals surface area contributed by atoms with Crippen LogP contribution in [0.4, 0.5) is 13.2 Å². The van der Waals surface area contributed by atoms with Crippen LogP contribution in [0.15, 0.2) is 0 Å². The van der Waals surface area contributed by atoms with Crippen LogP contribution in [0.25, 0.3) is 0 Å². The topological polar surface area (TPSA) is 57.6 Å². The molecule has 0 saturated carbocycles. The first-order valence-electron chi connectivity index (χ1n) is 5.07. The highest BCUT2D eigenvalue weighted by Crippen LogP contribution is 2.22. The van der Waals surface area contributed by atoms with Crippen LogP contribution in [-0.2, 0) is 10.0 Å². The smallest absolute Gasteiger partial charge is 0.389 e. The Hall–Kier alpha value is -0.340. The van der Waals surface area contributed by atoms with Crippen LogP contribution in [0.3, 0.4) is 0 Å². The highest BCUT2D eigenvalue weighted by Gasteiger charge is 2.29. The van der Waals surface area contributed by atoms with Gasteiger partial charge in [0.1, 0.15) is 0 Å². The van der Waals surface area contributed by atoms with Gasteiger partial charge in [0.25, 0.3) is 0 Å². The summed E-state index contributed by atoms with van der Waals surface area (Å²) >= 11 is 0. The molecule has 0 aromatic heterocycles. The quantitative estimate of drug-likeness (QED) is 0.797. The van der Waals surface area contributed by atoms with Crippen molar-refractivity contribution >= 4 is 10.0 Å². The van der Waals surface area contributed by atoms with Gasteiger partial charge >= 0.3 is 6.18 Å². The molecular weight excluding hydrogens is 259 g/mol. The van der Waals surface area contributed by atoms with E-state index in [2.05, 4.69) is 0 Å². The van der Waals surface area contributed by atoms with Crippen LogP contribution in [0.1, 0.15) is 26.7 Å². The zero-order valence-corrected chi connectivity index (χ0v) is 10.9. The molecule has 0 atom stereocenters. The Morgan fingerprint density at radius 2 is 1.71 bits per heavy atom. The molecule has 17 heavy (non-hydrogen) atoms. The van der Waals surface area contributed by atoms with E-state index in [9.17, 15) is 26.7 Å². The summed E-state index contributed by atoms with van der Waals surface area (Å²) in [6, 6.07) is 0. The monoisotopic (exact) mass is 277 g/mol. The molecule has 8 heteroatoms. The summed E-state index contributed by atoms with van der Waals surface area (Å²) in [4.78, 5) is 0. The molecule has 0 saturated heterocycles. The van der Waals surface area contributed by atoms with E-state index in [4.69, 9.17) is 0 Å². The van der Waals surface area contributed by atoms with E-state index >= 15 is 0 Å². The summed E-state index contributed by atoms with van der Waals surface area (Å²) in [6.45, 7) is 2.70. The predicted octanol–water partition coefficient (Wildman–Crippen LogP) is 1.36. The van der Waals surface area contributed by atoms with Crippen molar-refractivity contribution in [3.63, 3.8) is 0 Å². The first kappa shape index (κ1) is 16.7. The maximum Gasteiger partial charge on any atom is 0.389 e. The lowest BCUT2D eigenvalue weighted by Gasteiger charge is -2.25. The molecule has 0 fully saturated rings. The average molecular weight is 277 g/mol. The highest BCUT2D eigenvalue weighted by molar-refractivity contribution is 7.89. The third-order valence-electron chi connectivity index (χ3n) is 1.95. The first-order chi connectivity index (χ1) is 7.33. The molecule has 0 aliphatic carbocycles. The van der Waals surface area contributed by atoms with E-state index in [-0.39, 0.29) is 6.54 Å². The lowest BCUT2D eigenvalue weighted by atomic mass is 10.1. The van der Waals surface area contributed by atoms with Crippen molar-refractivity contribution in [1.29, 1.82) is 0 Å². The molecule has 0 aliphatic rings. The second kappa shape index (κ2) is 5.53. The van der Waals surface area contributed by atoms with Gasteiger partial charge in [-0.1, -0.05) is 0 Å². The number of nitrogens with zero attached hydrogens (tertiary/aromatic N) is 1. The molecule has 4 nitrogen and oxygen atoms in total. The predicted molar refractivity (Wildman–Crippen MR) is 58.0 cm³/mol. The van der Waals surface area contributed by atoms with E-state index in [1.165, 1.54) is 20.9 Å². The van der Waals surface area contributed by atoms with Crippen molar-refractivity contribution in [2.45, 2.75) is 38.5 Å². The van der Waals surface area contributed by atoms with E-state index in [0.717, 1.165) is 4.31 Å². The van der Waals surface area contributed by atoms with Gasteiger partial charge in [-0.15, -0.1) is 0 Å². The maximum atomic E-state index is 11.9. The van der Waals surface area contributed by atoms with Crippen LogP contribution in [-0.4, -0.2) is 49.0 Å². The number of likely N-dealkylation sites (N-methyl/N-ethyl adjacent to an activating group) is 1. The summed E-state index contributed by atoms with van der Waals surface area (Å²) in [5.74, 6) is -0.570. The van der Waals surface area contributed by atoms with Gasteiger partial charge in [-0.25, -0.2) is 12.7 Å². The fourth-order valence-electron chi connectivity index (χ4n) is 1.25. The standard InChI is InChI=1S/C9H18F3NO3S/c1-8(2,14)7-13(3)17(15,16)6-4-5-9(10,11)12/h14H,4-7H2,1-3H3. The molecule has 0 radical (unpaired) electrons. The number of rotatable bonds is 6. The minimum Gasteiger partial charge on any atom is -0.389 e. The van der Waals surface area contributed by atoms with Crippen LogP contribution in [0.5, 0.6) is 0 Å². The van der Waals surface area contributed by atoms with E-state index < -0.39 is 40.4 Å². The van der Waals surface area contributed by atoms with Gasteiger partial charge in [0.05, 0.1) is 11.4 Å². The Kier molecular flexibility index (Phi) is 5.42. The summed E-state index contributed by atoms with van der Waals surface area (Å²) in [7, 11) is -2.51. The number of aliphatic hydroxyl groups is 1. The molecule has 0 aromatic carbocycles. The maximum absolute atomic E-state index is 11.9. The molecule has 1 N–H and O–H groups in total.